The second kappa shape index (κ2) is 8.89. The lowest BCUT2D eigenvalue weighted by Gasteiger charge is -2.22. The summed E-state index contributed by atoms with van der Waals surface area (Å²) in [5, 5.41) is 8.82. The molecular weight excluding hydrogens is 272 g/mol. The van der Waals surface area contributed by atoms with E-state index < -0.39 is 42.1 Å². The number of carbonyl (C=O) groups excluding carboxylic acids is 3. The van der Waals surface area contributed by atoms with Gasteiger partial charge in [-0.1, -0.05) is 0 Å². The van der Waals surface area contributed by atoms with Gasteiger partial charge < -0.3 is 19.3 Å². The van der Waals surface area contributed by atoms with Crippen molar-refractivity contribution in [1.82, 2.24) is 0 Å². The van der Waals surface area contributed by atoms with Crippen molar-refractivity contribution >= 4 is 23.9 Å². The van der Waals surface area contributed by atoms with Crippen molar-refractivity contribution in [2.75, 3.05) is 21.3 Å². The summed E-state index contributed by atoms with van der Waals surface area (Å²) in [5.74, 6) is -5.34. The molecule has 0 fully saturated rings. The highest BCUT2D eigenvalue weighted by molar-refractivity contribution is 5.81. The first-order chi connectivity index (χ1) is 9.35. The summed E-state index contributed by atoms with van der Waals surface area (Å²) in [6.45, 7) is 0. The Morgan fingerprint density at radius 2 is 1.30 bits per heavy atom. The van der Waals surface area contributed by atoms with Crippen LogP contribution in [0.1, 0.15) is 19.3 Å². The number of rotatable bonds is 8. The van der Waals surface area contributed by atoms with E-state index in [2.05, 4.69) is 14.2 Å². The fourth-order valence-corrected chi connectivity index (χ4v) is 1.73. The average Bonchev–Trinajstić information content (AvgIpc) is 2.42. The van der Waals surface area contributed by atoms with Crippen LogP contribution in [-0.4, -0.2) is 50.3 Å². The number of ether oxygens (including phenoxy) is 3. The van der Waals surface area contributed by atoms with E-state index in [1.165, 1.54) is 0 Å². The highest BCUT2D eigenvalue weighted by Crippen LogP contribution is 2.25. The molecule has 0 aliphatic carbocycles. The van der Waals surface area contributed by atoms with Gasteiger partial charge in [-0.25, -0.2) is 0 Å². The maximum absolute atomic E-state index is 11.6. The van der Waals surface area contributed by atoms with E-state index in [1.54, 1.807) is 0 Å². The van der Waals surface area contributed by atoms with Gasteiger partial charge in [0, 0.05) is 12.8 Å². The monoisotopic (exact) mass is 290 g/mol. The second-order valence-electron chi connectivity index (χ2n) is 4.05. The van der Waals surface area contributed by atoms with Gasteiger partial charge in [0.1, 0.15) is 0 Å². The molecule has 0 saturated heterocycles. The molecule has 20 heavy (non-hydrogen) atoms. The maximum atomic E-state index is 11.6. The lowest BCUT2D eigenvalue weighted by atomic mass is 9.84. The topological polar surface area (TPSA) is 116 Å². The predicted molar refractivity (Wildman–Crippen MR) is 64.5 cm³/mol. The van der Waals surface area contributed by atoms with Gasteiger partial charge in [-0.05, 0) is 5.92 Å². The summed E-state index contributed by atoms with van der Waals surface area (Å²) in [6.07, 6.45) is -1.11. The smallest absolute Gasteiger partial charge is 0.309 e. The van der Waals surface area contributed by atoms with Crippen LogP contribution in [-0.2, 0) is 33.4 Å². The van der Waals surface area contributed by atoms with Crippen molar-refractivity contribution in [3.8, 4) is 0 Å². The third-order valence-electron chi connectivity index (χ3n) is 2.78. The Balaban J connectivity index is 5.15. The molecule has 0 heterocycles. The third kappa shape index (κ3) is 6.17. The average molecular weight is 290 g/mol. The van der Waals surface area contributed by atoms with Crippen LogP contribution in [0.2, 0.25) is 0 Å². The SMILES string of the molecule is COC(=O)CC(CC(=O)OC)C(CC(=O)O)C(=O)OC. The molecule has 0 bridgehead atoms. The minimum absolute atomic E-state index is 0.279. The molecule has 8 heteroatoms. The molecule has 1 N–H and O–H groups in total. The van der Waals surface area contributed by atoms with Crippen LogP contribution in [0.5, 0.6) is 0 Å². The number of carboxylic acid groups (broad SMARTS) is 1. The molecule has 0 aromatic carbocycles. The van der Waals surface area contributed by atoms with Crippen molar-refractivity contribution in [3.63, 3.8) is 0 Å². The van der Waals surface area contributed by atoms with E-state index in [0.717, 1.165) is 21.3 Å². The zero-order valence-corrected chi connectivity index (χ0v) is 11.6. The lowest BCUT2D eigenvalue weighted by molar-refractivity contribution is -0.156. The molecule has 1 unspecified atom stereocenters. The Morgan fingerprint density at radius 3 is 1.60 bits per heavy atom. The van der Waals surface area contributed by atoms with Gasteiger partial charge >= 0.3 is 23.9 Å². The van der Waals surface area contributed by atoms with Gasteiger partial charge in [-0.3, -0.25) is 19.2 Å². The summed E-state index contributed by atoms with van der Waals surface area (Å²) in [4.78, 5) is 45.1. The summed E-state index contributed by atoms with van der Waals surface area (Å²) >= 11 is 0. The summed E-state index contributed by atoms with van der Waals surface area (Å²) in [7, 11) is 3.41. The molecule has 0 saturated carbocycles. The van der Waals surface area contributed by atoms with Crippen LogP contribution in [0.15, 0.2) is 0 Å². The molecule has 8 nitrogen and oxygen atoms in total. The number of hydrogen-bond acceptors (Lipinski definition) is 7. The van der Waals surface area contributed by atoms with Crippen molar-refractivity contribution in [2.24, 2.45) is 11.8 Å². The quantitative estimate of drug-likeness (QED) is 0.490. The van der Waals surface area contributed by atoms with E-state index in [9.17, 15) is 19.2 Å². The minimum Gasteiger partial charge on any atom is -0.481 e. The largest absolute Gasteiger partial charge is 0.481 e. The van der Waals surface area contributed by atoms with Crippen LogP contribution < -0.4 is 0 Å². The predicted octanol–water partition coefficient (Wildman–Crippen LogP) is -0.00730. The third-order valence-corrected chi connectivity index (χ3v) is 2.78. The molecule has 0 aromatic heterocycles. The Labute approximate surface area is 116 Å². The van der Waals surface area contributed by atoms with Gasteiger partial charge in [0.05, 0.1) is 33.7 Å². The molecular formula is C12H18O8. The zero-order chi connectivity index (χ0) is 15.7. The van der Waals surface area contributed by atoms with Crippen LogP contribution in [0, 0.1) is 11.8 Å². The molecule has 1 atom stereocenters. The standard InChI is InChI=1S/C12H18O8/c1-18-10(15)4-7(5-11(16)19-2)8(6-9(13)14)12(17)20-3/h7-8H,4-6H2,1-3H3,(H,13,14). The van der Waals surface area contributed by atoms with Gasteiger partial charge in [0.25, 0.3) is 0 Å². The Hall–Kier alpha value is -2.12. The number of methoxy groups -OCH3 is 3. The van der Waals surface area contributed by atoms with Crippen LogP contribution in [0.25, 0.3) is 0 Å². The van der Waals surface area contributed by atoms with Gasteiger partial charge in [0.2, 0.25) is 0 Å². The van der Waals surface area contributed by atoms with E-state index in [1.807, 2.05) is 0 Å². The fraction of sp³-hybridized carbons (Fsp3) is 0.667. The number of esters is 3. The van der Waals surface area contributed by atoms with E-state index in [0.29, 0.717) is 0 Å². The number of carboxylic acids is 1. The van der Waals surface area contributed by atoms with Crippen molar-refractivity contribution in [2.45, 2.75) is 19.3 Å². The summed E-state index contributed by atoms with van der Waals surface area (Å²) in [5.41, 5.74) is 0. The molecule has 0 spiro atoms. The van der Waals surface area contributed by atoms with Gasteiger partial charge in [-0.2, -0.15) is 0 Å². The van der Waals surface area contributed by atoms with Crippen LogP contribution in [0.4, 0.5) is 0 Å². The van der Waals surface area contributed by atoms with E-state index >= 15 is 0 Å². The summed E-state index contributed by atoms with van der Waals surface area (Å²) in [6, 6.07) is 0. The van der Waals surface area contributed by atoms with Crippen molar-refractivity contribution < 1.29 is 38.5 Å². The maximum Gasteiger partial charge on any atom is 0.309 e. The molecule has 0 radical (unpaired) electrons. The number of aliphatic carboxylic acids is 1. The second-order valence-corrected chi connectivity index (χ2v) is 4.05. The number of carbonyl (C=O) groups is 4. The molecule has 0 aliphatic heterocycles. The number of hydrogen-bond donors (Lipinski definition) is 1. The lowest BCUT2D eigenvalue weighted by Crippen LogP contribution is -2.31. The van der Waals surface area contributed by atoms with E-state index in [-0.39, 0.29) is 12.8 Å². The molecule has 0 rings (SSSR count). The molecule has 0 aliphatic rings. The molecule has 0 amide bonds. The Morgan fingerprint density at radius 1 is 0.850 bits per heavy atom. The zero-order valence-electron chi connectivity index (χ0n) is 11.6. The van der Waals surface area contributed by atoms with Gasteiger partial charge in [-0.15, -0.1) is 0 Å². The first-order valence-electron chi connectivity index (χ1n) is 5.78. The van der Waals surface area contributed by atoms with Crippen LogP contribution >= 0.6 is 0 Å². The Kier molecular flexibility index (Phi) is 7.95. The van der Waals surface area contributed by atoms with Crippen molar-refractivity contribution in [3.05, 3.63) is 0 Å². The van der Waals surface area contributed by atoms with Gasteiger partial charge in [0.15, 0.2) is 0 Å². The first-order valence-corrected chi connectivity index (χ1v) is 5.78. The van der Waals surface area contributed by atoms with Crippen LogP contribution in [0.3, 0.4) is 0 Å². The Bertz CT molecular complexity index is 358. The van der Waals surface area contributed by atoms with Crippen molar-refractivity contribution in [1.29, 1.82) is 0 Å². The highest BCUT2D eigenvalue weighted by atomic mass is 16.5. The summed E-state index contributed by atoms with van der Waals surface area (Å²) < 4.78 is 13.5. The molecule has 114 valence electrons. The van der Waals surface area contributed by atoms with E-state index in [4.69, 9.17) is 5.11 Å². The normalized spacial score (nSPS) is 11.6. The highest BCUT2D eigenvalue weighted by Gasteiger charge is 2.34. The fourth-order valence-electron chi connectivity index (χ4n) is 1.73. The minimum atomic E-state index is -1.24. The molecule has 0 aromatic rings. The first kappa shape index (κ1) is 17.9.